The molecule has 0 unspecified atom stereocenters. The van der Waals surface area contributed by atoms with E-state index in [1.807, 2.05) is 14.1 Å². The van der Waals surface area contributed by atoms with Gasteiger partial charge in [0.05, 0.1) is 18.8 Å². The minimum absolute atomic E-state index is 0.114. The van der Waals surface area contributed by atoms with E-state index < -0.39 is 0 Å². The van der Waals surface area contributed by atoms with Gasteiger partial charge in [0.15, 0.2) is 0 Å². The summed E-state index contributed by atoms with van der Waals surface area (Å²) in [4.78, 5) is 22.6. The molecule has 8 heteroatoms. The van der Waals surface area contributed by atoms with E-state index in [2.05, 4.69) is 26.7 Å². The van der Waals surface area contributed by atoms with Crippen LogP contribution in [0.1, 0.15) is 44.1 Å². The summed E-state index contributed by atoms with van der Waals surface area (Å²) in [5.74, 6) is 1.41. The molecule has 27 heavy (non-hydrogen) atoms. The Bertz CT molecular complexity index is 688. The van der Waals surface area contributed by atoms with Gasteiger partial charge < -0.3 is 20.3 Å². The highest BCUT2D eigenvalue weighted by molar-refractivity contribution is 5.78. The minimum atomic E-state index is 0.114. The van der Waals surface area contributed by atoms with Crippen molar-refractivity contribution in [3.63, 3.8) is 0 Å². The fourth-order valence-electron chi connectivity index (χ4n) is 3.72. The summed E-state index contributed by atoms with van der Waals surface area (Å²) in [7, 11) is 3.62. The number of hydrogen-bond acceptors (Lipinski definition) is 7. The molecule has 2 aliphatic rings. The molecule has 3 rings (SSSR count). The first kappa shape index (κ1) is 19.4. The first-order chi connectivity index (χ1) is 13.1. The highest BCUT2D eigenvalue weighted by atomic mass is 16.5. The lowest BCUT2D eigenvalue weighted by atomic mass is 9.85. The summed E-state index contributed by atoms with van der Waals surface area (Å²) in [5.41, 5.74) is 0.436. The van der Waals surface area contributed by atoms with Crippen LogP contribution in [0.5, 0.6) is 0 Å². The Kier molecular flexibility index (Phi) is 6.45. The van der Waals surface area contributed by atoms with Crippen LogP contribution in [0.2, 0.25) is 0 Å². The quantitative estimate of drug-likeness (QED) is 0.815. The van der Waals surface area contributed by atoms with E-state index in [9.17, 15) is 10.1 Å². The molecule has 2 N–H and O–H groups in total. The number of nitrogens with zero attached hydrogens (tertiary/aromatic N) is 4. The molecule has 1 aromatic heterocycles. The predicted octanol–water partition coefficient (Wildman–Crippen LogP) is 2.00. The van der Waals surface area contributed by atoms with Gasteiger partial charge in [-0.05, 0) is 38.5 Å². The number of rotatable bonds is 5. The second-order valence-electron chi connectivity index (χ2n) is 7.55. The molecule has 0 aromatic carbocycles. The lowest BCUT2D eigenvalue weighted by Crippen LogP contribution is -2.35. The topological polar surface area (TPSA) is 103 Å². The van der Waals surface area contributed by atoms with Crippen molar-refractivity contribution in [2.75, 3.05) is 37.9 Å². The molecule has 1 saturated heterocycles. The average molecular weight is 372 g/mol. The molecule has 146 valence electrons. The minimum Gasteiger partial charge on any atom is -0.379 e. The van der Waals surface area contributed by atoms with E-state index in [4.69, 9.17) is 4.74 Å². The second kappa shape index (κ2) is 9.00. The van der Waals surface area contributed by atoms with Crippen molar-refractivity contribution >= 4 is 17.7 Å². The van der Waals surface area contributed by atoms with E-state index in [1.165, 1.54) is 0 Å². The van der Waals surface area contributed by atoms with Gasteiger partial charge in [0.25, 0.3) is 0 Å². The number of anilines is 2. The van der Waals surface area contributed by atoms with Crippen molar-refractivity contribution in [1.82, 2.24) is 14.9 Å². The van der Waals surface area contributed by atoms with Gasteiger partial charge in [-0.25, -0.2) is 4.98 Å². The summed E-state index contributed by atoms with van der Waals surface area (Å²) in [6, 6.07) is 2.56. The van der Waals surface area contributed by atoms with E-state index in [1.54, 1.807) is 11.1 Å². The highest BCUT2D eigenvalue weighted by Gasteiger charge is 2.27. The van der Waals surface area contributed by atoms with E-state index in [-0.39, 0.29) is 23.9 Å². The molecule has 1 amide bonds. The maximum absolute atomic E-state index is 12.1. The van der Waals surface area contributed by atoms with Gasteiger partial charge in [-0.2, -0.15) is 10.2 Å². The number of carbonyl (C=O) groups is 1. The second-order valence-corrected chi connectivity index (χ2v) is 7.55. The Morgan fingerprint density at radius 1 is 1.22 bits per heavy atom. The van der Waals surface area contributed by atoms with Crippen LogP contribution in [-0.4, -0.2) is 60.2 Å². The zero-order valence-corrected chi connectivity index (χ0v) is 16.1. The number of aromatic nitrogens is 2. The largest absolute Gasteiger partial charge is 0.379 e. The molecule has 2 fully saturated rings. The van der Waals surface area contributed by atoms with Crippen molar-refractivity contribution in [2.45, 2.75) is 50.6 Å². The van der Waals surface area contributed by atoms with Gasteiger partial charge >= 0.3 is 0 Å². The van der Waals surface area contributed by atoms with Crippen LogP contribution in [0.25, 0.3) is 0 Å². The van der Waals surface area contributed by atoms with Gasteiger partial charge in [-0.1, -0.05) is 0 Å². The zero-order valence-electron chi connectivity index (χ0n) is 16.1. The third-order valence-electron chi connectivity index (χ3n) is 5.26. The van der Waals surface area contributed by atoms with Crippen molar-refractivity contribution in [3.8, 4) is 6.07 Å². The molecule has 0 spiro atoms. The summed E-state index contributed by atoms with van der Waals surface area (Å²) in [5, 5.41) is 16.0. The van der Waals surface area contributed by atoms with Crippen LogP contribution in [0.3, 0.4) is 0 Å². The maximum Gasteiger partial charge on any atom is 0.225 e. The van der Waals surface area contributed by atoms with Gasteiger partial charge in [0.2, 0.25) is 11.9 Å². The molecule has 1 aromatic rings. The highest BCUT2D eigenvalue weighted by Crippen LogP contribution is 2.27. The number of amides is 1. The molecule has 2 heterocycles. The molecule has 1 aliphatic carbocycles. The standard InChI is InChI=1S/C19H28N6O2/c1-25(2)18(26)13-5-7-15(8-6-13)23-19-21-11-14(10-20)17(24-19)22-16-4-3-9-27-12-16/h11,13,15-16H,3-9,12H2,1-2H3,(H2,21,22,23,24)/t13-,15-,16-/m1/s1. The summed E-state index contributed by atoms with van der Waals surface area (Å²) >= 11 is 0. The van der Waals surface area contributed by atoms with Gasteiger partial charge in [-0.3, -0.25) is 4.79 Å². The lowest BCUT2D eigenvalue weighted by Gasteiger charge is -2.30. The smallest absolute Gasteiger partial charge is 0.225 e. The predicted molar refractivity (Wildman–Crippen MR) is 102 cm³/mol. The first-order valence-electron chi connectivity index (χ1n) is 9.66. The molecule has 1 atom stereocenters. The summed E-state index contributed by atoms with van der Waals surface area (Å²) in [6.07, 6.45) is 7.12. The van der Waals surface area contributed by atoms with E-state index >= 15 is 0 Å². The van der Waals surface area contributed by atoms with Gasteiger partial charge in [0.1, 0.15) is 17.5 Å². The van der Waals surface area contributed by atoms with Gasteiger partial charge in [0, 0.05) is 32.7 Å². The number of hydrogen-bond donors (Lipinski definition) is 2. The molecule has 1 aliphatic heterocycles. The maximum atomic E-state index is 12.1. The Hall–Kier alpha value is -2.40. The number of ether oxygens (including phenoxy) is 1. The Labute approximate surface area is 160 Å². The summed E-state index contributed by atoms with van der Waals surface area (Å²) < 4.78 is 5.49. The average Bonchev–Trinajstić information content (AvgIpc) is 2.69. The molecular weight excluding hydrogens is 344 g/mol. The zero-order chi connectivity index (χ0) is 19.2. The normalized spacial score (nSPS) is 25.3. The lowest BCUT2D eigenvalue weighted by molar-refractivity contribution is -0.133. The van der Waals surface area contributed by atoms with E-state index in [0.717, 1.165) is 45.1 Å². The molecule has 0 bridgehead atoms. The molecular formula is C19H28N6O2. The van der Waals surface area contributed by atoms with Gasteiger partial charge in [-0.15, -0.1) is 0 Å². The molecule has 1 saturated carbocycles. The monoisotopic (exact) mass is 372 g/mol. The van der Waals surface area contributed by atoms with Crippen molar-refractivity contribution in [2.24, 2.45) is 5.92 Å². The fourth-order valence-corrected chi connectivity index (χ4v) is 3.72. The Morgan fingerprint density at radius 2 is 2.00 bits per heavy atom. The number of nitrogens with one attached hydrogen (secondary N) is 2. The van der Waals surface area contributed by atoms with E-state index in [0.29, 0.717) is 23.9 Å². The third-order valence-corrected chi connectivity index (χ3v) is 5.26. The SMILES string of the molecule is CN(C)C(=O)[C@H]1CC[C@H](Nc2ncc(C#N)c(N[C@@H]3CCCOC3)n2)CC1. The molecule has 8 nitrogen and oxygen atoms in total. The number of carbonyl (C=O) groups excluding carboxylic acids is 1. The van der Waals surface area contributed by atoms with Crippen LogP contribution < -0.4 is 10.6 Å². The third kappa shape index (κ3) is 5.07. The van der Waals surface area contributed by atoms with Crippen molar-refractivity contribution in [1.29, 1.82) is 5.26 Å². The van der Waals surface area contributed by atoms with Crippen LogP contribution in [-0.2, 0) is 9.53 Å². The fraction of sp³-hybridized carbons (Fsp3) is 0.684. The Morgan fingerprint density at radius 3 is 2.63 bits per heavy atom. The van der Waals surface area contributed by atoms with Crippen LogP contribution in [0, 0.1) is 17.2 Å². The van der Waals surface area contributed by atoms with Crippen LogP contribution >= 0.6 is 0 Å². The summed E-state index contributed by atoms with van der Waals surface area (Å²) in [6.45, 7) is 1.42. The number of nitriles is 1. The Balaban J connectivity index is 1.60. The van der Waals surface area contributed by atoms with Crippen LogP contribution in [0.4, 0.5) is 11.8 Å². The van der Waals surface area contributed by atoms with Crippen LogP contribution in [0.15, 0.2) is 6.20 Å². The van der Waals surface area contributed by atoms with Crippen molar-refractivity contribution in [3.05, 3.63) is 11.8 Å². The molecule has 0 radical (unpaired) electrons. The van der Waals surface area contributed by atoms with Crippen molar-refractivity contribution < 1.29 is 9.53 Å². The first-order valence-corrected chi connectivity index (χ1v) is 9.66.